The molecule has 1 aliphatic rings. The summed E-state index contributed by atoms with van der Waals surface area (Å²) in [5, 5.41) is 19.4. The highest BCUT2D eigenvalue weighted by molar-refractivity contribution is 5.57. The smallest absolute Gasteiger partial charge is 0.126 e. The minimum Gasteiger partial charge on any atom is -0.496 e. The molecule has 0 bridgehead atoms. The van der Waals surface area contributed by atoms with E-state index in [1.807, 2.05) is 30.3 Å². The molecule has 1 aromatic carbocycles. The number of hydrogen-bond donors (Lipinski definition) is 2. The van der Waals surface area contributed by atoms with Crippen molar-refractivity contribution in [3.8, 4) is 5.75 Å². The molecule has 4 heteroatoms. The number of rotatable bonds is 3. The summed E-state index contributed by atoms with van der Waals surface area (Å²) in [7, 11) is 1.61. The molecular weight excluding hydrogens is 232 g/mol. The van der Waals surface area contributed by atoms with Crippen LogP contribution in [0.4, 0.5) is 0 Å². The van der Waals surface area contributed by atoms with Crippen LogP contribution in [0.5, 0.6) is 5.75 Å². The van der Waals surface area contributed by atoms with Crippen LogP contribution in [0.15, 0.2) is 30.3 Å². The summed E-state index contributed by atoms with van der Waals surface area (Å²) in [6.07, 6.45) is 1.02. The number of para-hydroxylation sites is 1. The van der Waals surface area contributed by atoms with Gasteiger partial charge in [-0.3, -0.25) is 0 Å². The molecule has 0 saturated carbocycles. The predicted octanol–water partition coefficient (Wildman–Crippen LogP) is 1.22. The third-order valence-electron chi connectivity index (χ3n) is 3.14. The molecule has 18 heavy (non-hydrogen) atoms. The number of methoxy groups -OCH3 is 1. The van der Waals surface area contributed by atoms with E-state index in [-0.39, 0.29) is 6.10 Å². The summed E-state index contributed by atoms with van der Waals surface area (Å²) in [5.41, 5.74) is 0.907. The minimum absolute atomic E-state index is 0.354. The first-order chi connectivity index (χ1) is 8.63. The van der Waals surface area contributed by atoms with Crippen molar-refractivity contribution in [2.45, 2.75) is 31.3 Å². The summed E-state index contributed by atoms with van der Waals surface area (Å²) >= 11 is 0. The number of ether oxygens (including phenoxy) is 2. The lowest BCUT2D eigenvalue weighted by Crippen LogP contribution is -2.30. The van der Waals surface area contributed by atoms with E-state index in [1.165, 1.54) is 0 Å². The van der Waals surface area contributed by atoms with Gasteiger partial charge in [0, 0.05) is 5.56 Å². The molecule has 0 radical (unpaired) electrons. The maximum absolute atomic E-state index is 9.77. The number of hydrogen-bond acceptors (Lipinski definition) is 4. The van der Waals surface area contributed by atoms with Crippen molar-refractivity contribution >= 4 is 6.08 Å². The SMILES string of the molecule is COc1ccccc1/C=C/[C@H]1O[C@@H](C)[C@H](O)[C@@H]1O. The average molecular weight is 250 g/mol. The molecule has 1 aromatic rings. The normalized spacial score (nSPS) is 32.0. The van der Waals surface area contributed by atoms with Crippen LogP contribution in [-0.4, -0.2) is 41.7 Å². The Balaban J connectivity index is 2.12. The van der Waals surface area contributed by atoms with Crippen molar-refractivity contribution in [2.24, 2.45) is 0 Å². The third-order valence-corrected chi connectivity index (χ3v) is 3.14. The van der Waals surface area contributed by atoms with Crippen LogP contribution in [0.1, 0.15) is 12.5 Å². The van der Waals surface area contributed by atoms with Gasteiger partial charge in [0.05, 0.1) is 13.2 Å². The summed E-state index contributed by atoms with van der Waals surface area (Å²) in [4.78, 5) is 0. The van der Waals surface area contributed by atoms with E-state index in [2.05, 4.69) is 0 Å². The van der Waals surface area contributed by atoms with Gasteiger partial charge in [0.25, 0.3) is 0 Å². The molecule has 1 aliphatic heterocycles. The van der Waals surface area contributed by atoms with E-state index in [0.29, 0.717) is 0 Å². The lowest BCUT2D eigenvalue weighted by atomic mass is 10.1. The van der Waals surface area contributed by atoms with Crippen LogP contribution in [0.25, 0.3) is 6.08 Å². The Morgan fingerprint density at radius 3 is 2.56 bits per heavy atom. The van der Waals surface area contributed by atoms with Crippen molar-refractivity contribution < 1.29 is 19.7 Å². The Hall–Kier alpha value is -1.36. The van der Waals surface area contributed by atoms with Crippen LogP contribution in [0, 0.1) is 0 Å². The van der Waals surface area contributed by atoms with Crippen molar-refractivity contribution in [1.29, 1.82) is 0 Å². The molecule has 2 N–H and O–H groups in total. The van der Waals surface area contributed by atoms with Crippen molar-refractivity contribution in [2.75, 3.05) is 7.11 Å². The average Bonchev–Trinajstić information content (AvgIpc) is 2.64. The Kier molecular flexibility index (Phi) is 4.01. The zero-order valence-corrected chi connectivity index (χ0v) is 10.5. The highest BCUT2D eigenvalue weighted by Gasteiger charge is 2.38. The summed E-state index contributed by atoms with van der Waals surface area (Å²) in [6, 6.07) is 7.58. The van der Waals surface area contributed by atoms with Crippen LogP contribution >= 0.6 is 0 Å². The molecule has 4 nitrogen and oxygen atoms in total. The van der Waals surface area contributed by atoms with Crippen molar-refractivity contribution in [3.05, 3.63) is 35.9 Å². The maximum Gasteiger partial charge on any atom is 0.126 e. The molecule has 0 aromatic heterocycles. The highest BCUT2D eigenvalue weighted by atomic mass is 16.5. The summed E-state index contributed by atoms with van der Waals surface area (Å²) in [5.74, 6) is 0.759. The Morgan fingerprint density at radius 2 is 1.94 bits per heavy atom. The molecule has 0 unspecified atom stereocenters. The van der Waals surface area contributed by atoms with Crippen molar-refractivity contribution in [1.82, 2.24) is 0 Å². The highest BCUT2D eigenvalue weighted by Crippen LogP contribution is 2.24. The fraction of sp³-hybridized carbons (Fsp3) is 0.429. The quantitative estimate of drug-likeness (QED) is 0.846. The lowest BCUT2D eigenvalue weighted by Gasteiger charge is -2.10. The zero-order chi connectivity index (χ0) is 13.1. The van der Waals surface area contributed by atoms with Gasteiger partial charge in [0.15, 0.2) is 0 Å². The van der Waals surface area contributed by atoms with E-state index >= 15 is 0 Å². The fourth-order valence-corrected chi connectivity index (χ4v) is 2.04. The van der Waals surface area contributed by atoms with Gasteiger partial charge in [-0.1, -0.05) is 30.4 Å². The second kappa shape index (κ2) is 5.52. The van der Waals surface area contributed by atoms with Gasteiger partial charge < -0.3 is 19.7 Å². The van der Waals surface area contributed by atoms with Crippen LogP contribution < -0.4 is 4.74 Å². The molecule has 2 rings (SSSR count). The predicted molar refractivity (Wildman–Crippen MR) is 68.4 cm³/mol. The van der Waals surface area contributed by atoms with E-state index in [9.17, 15) is 10.2 Å². The molecule has 1 heterocycles. The molecule has 98 valence electrons. The fourth-order valence-electron chi connectivity index (χ4n) is 2.04. The van der Waals surface area contributed by atoms with Gasteiger partial charge in [-0.15, -0.1) is 0 Å². The van der Waals surface area contributed by atoms with E-state index in [4.69, 9.17) is 9.47 Å². The molecule has 0 spiro atoms. The zero-order valence-electron chi connectivity index (χ0n) is 10.5. The molecule has 4 atom stereocenters. The van der Waals surface area contributed by atoms with Crippen LogP contribution in [0.3, 0.4) is 0 Å². The Morgan fingerprint density at radius 1 is 1.22 bits per heavy atom. The Labute approximate surface area is 106 Å². The maximum atomic E-state index is 9.77. The van der Waals surface area contributed by atoms with E-state index < -0.39 is 18.3 Å². The van der Waals surface area contributed by atoms with Gasteiger partial charge in [-0.25, -0.2) is 0 Å². The second-order valence-electron chi connectivity index (χ2n) is 4.39. The second-order valence-corrected chi connectivity index (χ2v) is 4.39. The third kappa shape index (κ3) is 2.56. The minimum atomic E-state index is -0.883. The molecular formula is C14H18O4. The van der Waals surface area contributed by atoms with Gasteiger partial charge in [0.2, 0.25) is 0 Å². The Bertz CT molecular complexity index is 430. The largest absolute Gasteiger partial charge is 0.496 e. The molecule has 1 fully saturated rings. The molecule has 0 aliphatic carbocycles. The van der Waals surface area contributed by atoms with Gasteiger partial charge >= 0.3 is 0 Å². The number of aliphatic hydroxyl groups is 2. The topological polar surface area (TPSA) is 58.9 Å². The number of benzene rings is 1. The first kappa shape index (κ1) is 13.1. The number of aliphatic hydroxyl groups excluding tert-OH is 2. The lowest BCUT2D eigenvalue weighted by molar-refractivity contribution is 0.0316. The standard InChI is InChI=1S/C14H18O4/c1-9-13(15)14(16)12(18-9)8-7-10-5-3-4-6-11(10)17-2/h3-9,12-16H,1-2H3/b8-7+/t9-,12+,13-,14+/m0/s1. The van der Waals surface area contributed by atoms with Crippen LogP contribution in [0.2, 0.25) is 0 Å². The molecule has 1 saturated heterocycles. The first-order valence-corrected chi connectivity index (χ1v) is 5.96. The van der Waals surface area contributed by atoms with Crippen LogP contribution in [-0.2, 0) is 4.74 Å². The van der Waals surface area contributed by atoms with Gasteiger partial charge in [-0.05, 0) is 13.0 Å². The van der Waals surface area contributed by atoms with E-state index in [0.717, 1.165) is 11.3 Å². The van der Waals surface area contributed by atoms with Gasteiger partial charge in [-0.2, -0.15) is 0 Å². The van der Waals surface area contributed by atoms with Gasteiger partial charge in [0.1, 0.15) is 24.1 Å². The first-order valence-electron chi connectivity index (χ1n) is 5.96. The molecule has 0 amide bonds. The summed E-state index contributed by atoms with van der Waals surface area (Å²) < 4.78 is 10.7. The van der Waals surface area contributed by atoms with E-state index in [1.54, 1.807) is 20.1 Å². The monoisotopic (exact) mass is 250 g/mol. The summed E-state index contributed by atoms with van der Waals surface area (Å²) in [6.45, 7) is 1.74. The van der Waals surface area contributed by atoms with Crippen molar-refractivity contribution in [3.63, 3.8) is 0 Å².